The van der Waals surface area contributed by atoms with Gasteiger partial charge in [0.15, 0.2) is 0 Å². The Labute approximate surface area is 48.1 Å². The van der Waals surface area contributed by atoms with Crippen molar-refractivity contribution in [2.75, 3.05) is 0 Å². The van der Waals surface area contributed by atoms with Gasteiger partial charge in [-0.1, -0.05) is 0 Å². The Bertz CT molecular complexity index is 49.4. The van der Waals surface area contributed by atoms with Crippen molar-refractivity contribution in [3.05, 3.63) is 12.7 Å². The summed E-state index contributed by atoms with van der Waals surface area (Å²) >= 11 is 2.54. The van der Waals surface area contributed by atoms with Crippen LogP contribution in [0.4, 0.5) is 0 Å². The van der Waals surface area contributed by atoms with E-state index in [2.05, 4.69) is 37.3 Å². The van der Waals surface area contributed by atoms with Crippen LogP contribution in [0.5, 0.6) is 0 Å². The average molecular weight is 144 g/mol. The van der Waals surface area contributed by atoms with Gasteiger partial charge in [0.2, 0.25) is 0 Å². The molecule has 0 saturated carbocycles. The Morgan fingerprint density at radius 1 is 1.67 bits per heavy atom. The molecule has 0 spiro atoms. The summed E-state index contributed by atoms with van der Waals surface area (Å²) < 4.78 is 0.243. The van der Waals surface area contributed by atoms with E-state index in [0.29, 0.717) is 0 Å². The van der Waals surface area contributed by atoms with Crippen molar-refractivity contribution in [1.82, 2.24) is 0 Å². The third-order valence-corrected chi connectivity index (χ3v) is 0.883. The van der Waals surface area contributed by atoms with Gasteiger partial charge in [0.25, 0.3) is 0 Å². The summed E-state index contributed by atoms with van der Waals surface area (Å²) in [4.78, 5) is 0. The van der Waals surface area contributed by atoms with Gasteiger partial charge in [0.1, 0.15) is 0 Å². The molecule has 0 atom stereocenters. The fraction of sp³-hybridized carbons (Fsp3) is 0.600. The van der Waals surface area contributed by atoms with Crippen LogP contribution in [0.25, 0.3) is 0 Å². The van der Waals surface area contributed by atoms with Crippen LogP contribution in [0, 0.1) is 0 Å². The van der Waals surface area contributed by atoms with Crippen molar-refractivity contribution >= 4 is 16.9 Å². The van der Waals surface area contributed by atoms with Gasteiger partial charge in [-0.05, 0) is 0 Å². The molecule has 0 aliphatic rings. The van der Waals surface area contributed by atoms with Gasteiger partial charge in [-0.15, -0.1) is 0 Å². The molecule has 0 rings (SSSR count). The van der Waals surface area contributed by atoms with Crippen molar-refractivity contribution in [3.8, 4) is 0 Å². The van der Waals surface area contributed by atoms with E-state index in [1.165, 1.54) is 0 Å². The van der Waals surface area contributed by atoms with E-state index in [9.17, 15) is 0 Å². The fourth-order valence-electron chi connectivity index (χ4n) is 0. The maximum absolute atomic E-state index is 3.62. The topological polar surface area (TPSA) is 0 Å². The molecule has 0 unspecified atom stereocenters. The molecule has 6 heavy (non-hydrogen) atoms. The van der Waals surface area contributed by atoms with Crippen LogP contribution < -0.4 is 0 Å². The Kier molecular flexibility index (Phi) is 1.93. The average Bonchev–Trinajstić information content (AvgIpc) is 1.35. The molecule has 0 N–H and O–H groups in total. The maximum atomic E-state index is 3.62. The molecule has 0 aromatic rings. The summed E-state index contributed by atoms with van der Waals surface area (Å²) in [7, 11) is 0. The molecule has 0 bridgehead atoms. The molecule has 34 valence electrons. The summed E-state index contributed by atoms with van der Waals surface area (Å²) in [6, 6.07) is 0. The first-order valence-corrected chi connectivity index (χ1v) is 2.86. The second-order valence-corrected chi connectivity index (χ2v) is 4.28. The number of rotatable bonds is 1. The van der Waals surface area contributed by atoms with E-state index in [4.69, 9.17) is 0 Å². The zero-order valence-electron chi connectivity index (χ0n) is 4.23. The Morgan fingerprint density at radius 3 is 1.83 bits per heavy atom. The predicted molar refractivity (Wildman–Crippen MR) is 30.0 cm³/mol. The molecule has 0 fully saturated rings. The molecule has 0 saturated heterocycles. The molecule has 0 heterocycles. The SMILES string of the molecule is C=CC(C)(C)[As]. The quantitative estimate of drug-likeness (QED) is 0.386. The summed E-state index contributed by atoms with van der Waals surface area (Å²) in [5.74, 6) is 0. The third-order valence-electron chi connectivity index (χ3n) is 0.500. The number of hydrogen-bond acceptors (Lipinski definition) is 0. The van der Waals surface area contributed by atoms with Gasteiger partial charge >= 0.3 is 47.6 Å². The molecule has 0 amide bonds. The second-order valence-electron chi connectivity index (χ2n) is 1.86. The van der Waals surface area contributed by atoms with Crippen LogP contribution in [0.2, 0.25) is 4.20 Å². The predicted octanol–water partition coefficient (Wildman–Crippen LogP) is 1.54. The van der Waals surface area contributed by atoms with E-state index in [1.807, 2.05) is 6.08 Å². The van der Waals surface area contributed by atoms with Crippen molar-refractivity contribution in [2.24, 2.45) is 0 Å². The first-order chi connectivity index (χ1) is 2.56. The van der Waals surface area contributed by atoms with Crippen LogP contribution in [0.1, 0.15) is 13.8 Å². The van der Waals surface area contributed by atoms with Crippen molar-refractivity contribution in [2.45, 2.75) is 18.1 Å². The van der Waals surface area contributed by atoms with Crippen molar-refractivity contribution in [3.63, 3.8) is 0 Å². The van der Waals surface area contributed by atoms with E-state index >= 15 is 0 Å². The minimum atomic E-state index is 0.243. The van der Waals surface area contributed by atoms with Crippen molar-refractivity contribution in [1.29, 1.82) is 0 Å². The van der Waals surface area contributed by atoms with Crippen LogP contribution in [-0.2, 0) is 0 Å². The summed E-state index contributed by atoms with van der Waals surface area (Å²) in [6.45, 7) is 7.81. The van der Waals surface area contributed by atoms with Gasteiger partial charge < -0.3 is 0 Å². The zero-order chi connectivity index (χ0) is 5.21. The Morgan fingerprint density at radius 2 is 1.83 bits per heavy atom. The summed E-state index contributed by atoms with van der Waals surface area (Å²) in [6.07, 6.45) is 1.91. The molecule has 1 heteroatoms. The molecule has 0 nitrogen and oxygen atoms in total. The molecule has 0 aromatic heterocycles. The zero-order valence-corrected chi connectivity index (χ0v) is 6.11. The van der Waals surface area contributed by atoms with Gasteiger partial charge in [0.05, 0.1) is 0 Å². The molecule has 0 aromatic carbocycles. The van der Waals surface area contributed by atoms with E-state index in [0.717, 1.165) is 0 Å². The molecule has 0 aliphatic heterocycles. The fourth-order valence-corrected chi connectivity index (χ4v) is 0. The van der Waals surface area contributed by atoms with Crippen LogP contribution in [0.3, 0.4) is 0 Å². The van der Waals surface area contributed by atoms with E-state index in [-0.39, 0.29) is 4.20 Å². The van der Waals surface area contributed by atoms with Gasteiger partial charge in [0, 0.05) is 0 Å². The monoisotopic (exact) mass is 144 g/mol. The number of allylic oxidation sites excluding steroid dienone is 1. The summed E-state index contributed by atoms with van der Waals surface area (Å²) in [5, 5.41) is 0. The molecular weight excluding hydrogens is 135 g/mol. The molecular formula is C5H9As. The first-order valence-electron chi connectivity index (χ1n) is 1.92. The molecule has 0 aliphatic carbocycles. The van der Waals surface area contributed by atoms with Crippen molar-refractivity contribution < 1.29 is 0 Å². The van der Waals surface area contributed by atoms with Crippen LogP contribution in [-0.4, -0.2) is 16.9 Å². The standard InChI is InChI=1S/C5H9As/c1-4-5(2,3)6/h4H,1H2,2-3H3. The van der Waals surface area contributed by atoms with Gasteiger partial charge in [-0.25, -0.2) is 0 Å². The van der Waals surface area contributed by atoms with Crippen LogP contribution in [0.15, 0.2) is 12.7 Å². The van der Waals surface area contributed by atoms with Crippen LogP contribution >= 0.6 is 0 Å². The Hall–Kier alpha value is 0.298. The number of hydrogen-bond donors (Lipinski definition) is 0. The normalized spacial score (nSPS) is 11.2. The molecule has 2 radical (unpaired) electrons. The van der Waals surface area contributed by atoms with Gasteiger partial charge in [-0.3, -0.25) is 0 Å². The van der Waals surface area contributed by atoms with Gasteiger partial charge in [-0.2, -0.15) is 0 Å². The first kappa shape index (κ1) is 6.30. The second kappa shape index (κ2) is 1.84. The third kappa shape index (κ3) is 4.30. The van der Waals surface area contributed by atoms with E-state index < -0.39 is 0 Å². The Balaban J connectivity index is 3.45. The summed E-state index contributed by atoms with van der Waals surface area (Å²) in [5.41, 5.74) is 0. The van der Waals surface area contributed by atoms with E-state index in [1.54, 1.807) is 0 Å². The minimum absolute atomic E-state index is 0.243.